The maximum absolute atomic E-state index is 13.7. The Morgan fingerprint density at radius 2 is 0.902 bits per heavy atom. The van der Waals surface area contributed by atoms with E-state index in [0.717, 1.165) is 32.6 Å². The van der Waals surface area contributed by atoms with Crippen molar-refractivity contribution in [3.8, 4) is 33.9 Å². The van der Waals surface area contributed by atoms with Crippen LogP contribution in [0.3, 0.4) is 0 Å². The summed E-state index contributed by atoms with van der Waals surface area (Å²) < 4.78 is 84.3. The maximum atomic E-state index is 13.7. The summed E-state index contributed by atoms with van der Waals surface area (Å²) >= 11 is 0. The molecule has 0 unspecified atom stereocenters. The number of nitrogens with zero attached hydrogens (tertiary/aromatic N) is 7. The number of para-hydroxylation sites is 1. The molecule has 0 aliphatic rings. The molecule has 0 radical (unpaired) electrons. The second kappa shape index (κ2) is 12.9. The first-order valence-corrected chi connectivity index (χ1v) is 15.6. The number of benzene rings is 3. The minimum atomic E-state index is -4.68. The van der Waals surface area contributed by atoms with Gasteiger partial charge in [-0.3, -0.25) is 4.90 Å². The van der Waals surface area contributed by atoms with Crippen molar-refractivity contribution >= 4 is 17.3 Å². The van der Waals surface area contributed by atoms with Crippen molar-refractivity contribution in [2.75, 3.05) is 4.90 Å². The van der Waals surface area contributed by atoms with E-state index in [1.165, 1.54) is 12.4 Å². The third kappa shape index (κ3) is 6.57. The molecule has 7 nitrogen and oxygen atoms in total. The number of halogens is 6. The van der Waals surface area contributed by atoms with E-state index in [4.69, 9.17) is 9.97 Å². The highest BCUT2D eigenvalue weighted by molar-refractivity contribution is 5.82. The van der Waals surface area contributed by atoms with Gasteiger partial charge < -0.3 is 0 Å². The molecule has 256 valence electrons. The lowest BCUT2D eigenvalue weighted by atomic mass is 10.0. The fraction of sp³-hybridized carbons (Fsp3) is 0.105. The Bertz CT molecular complexity index is 2170. The van der Waals surface area contributed by atoms with Crippen LogP contribution in [0.1, 0.15) is 22.5 Å². The van der Waals surface area contributed by atoms with Gasteiger partial charge in [-0.05, 0) is 72.5 Å². The molecule has 4 heterocycles. The predicted molar refractivity (Wildman–Crippen MR) is 181 cm³/mol. The first-order chi connectivity index (χ1) is 24.4. The van der Waals surface area contributed by atoms with Gasteiger partial charge in [-0.25, -0.2) is 19.3 Å². The molecule has 0 spiro atoms. The van der Waals surface area contributed by atoms with Crippen LogP contribution in [-0.4, -0.2) is 29.5 Å². The molecule has 0 N–H and O–H groups in total. The first-order valence-electron chi connectivity index (χ1n) is 15.6. The van der Waals surface area contributed by atoms with E-state index in [1.54, 1.807) is 53.4 Å². The molecule has 0 saturated heterocycles. The summed E-state index contributed by atoms with van der Waals surface area (Å²) in [5.74, 6) is 0.781. The quantitative estimate of drug-likeness (QED) is 0.155. The van der Waals surface area contributed by atoms with Crippen LogP contribution in [0, 0.1) is 13.8 Å². The van der Waals surface area contributed by atoms with Gasteiger partial charge >= 0.3 is 12.4 Å². The Morgan fingerprint density at radius 1 is 0.490 bits per heavy atom. The third-order valence-electron chi connectivity index (χ3n) is 8.20. The van der Waals surface area contributed by atoms with E-state index >= 15 is 0 Å². The Morgan fingerprint density at radius 3 is 1.27 bits per heavy atom. The summed E-state index contributed by atoms with van der Waals surface area (Å²) in [6, 6.07) is 32.4. The monoisotopic (exact) mass is 695 g/mol. The van der Waals surface area contributed by atoms with Gasteiger partial charge in [0.1, 0.15) is 11.6 Å². The molecule has 0 atom stereocenters. The zero-order chi connectivity index (χ0) is 35.9. The molecular formula is C38H27F6N7. The van der Waals surface area contributed by atoms with Crippen molar-refractivity contribution in [3.05, 3.63) is 150 Å². The zero-order valence-corrected chi connectivity index (χ0v) is 27.0. The summed E-state index contributed by atoms with van der Waals surface area (Å²) in [6.45, 7) is 3.78. The molecule has 13 heteroatoms. The highest BCUT2D eigenvalue weighted by atomic mass is 19.4. The molecule has 0 saturated carbocycles. The number of aryl methyl sites for hydroxylation is 2. The lowest BCUT2D eigenvalue weighted by molar-refractivity contribution is -0.142. The zero-order valence-electron chi connectivity index (χ0n) is 27.0. The van der Waals surface area contributed by atoms with Crippen molar-refractivity contribution in [2.45, 2.75) is 26.2 Å². The average Bonchev–Trinajstić information content (AvgIpc) is 3.82. The number of hydrogen-bond donors (Lipinski definition) is 0. The highest BCUT2D eigenvalue weighted by Gasteiger charge is 2.35. The standard InChI is InChI=1S/C38H27F6N7/c1-24-10-9-11-25(2)34(24)51(32-18-16-28(26-12-5-3-6-13-26)35(45-32)49-22-20-30(47-49)37(39,40)41)33-19-17-29(27-14-7-4-8-15-27)36(46-33)50-23-21-31(48-50)38(42,43)44/h3-23H,1-2H3. The van der Waals surface area contributed by atoms with Crippen molar-refractivity contribution < 1.29 is 26.3 Å². The number of aromatic nitrogens is 6. The second-order valence-electron chi connectivity index (χ2n) is 11.7. The molecule has 4 aromatic heterocycles. The van der Waals surface area contributed by atoms with Crippen LogP contribution in [0.4, 0.5) is 43.7 Å². The second-order valence-corrected chi connectivity index (χ2v) is 11.7. The van der Waals surface area contributed by atoms with Gasteiger partial charge in [-0.1, -0.05) is 78.9 Å². The van der Waals surface area contributed by atoms with E-state index < -0.39 is 23.7 Å². The lowest BCUT2D eigenvalue weighted by Crippen LogP contribution is -2.18. The molecule has 0 bridgehead atoms. The van der Waals surface area contributed by atoms with Crippen LogP contribution in [0.25, 0.3) is 33.9 Å². The normalized spacial score (nSPS) is 11.9. The molecule has 0 aliphatic heterocycles. The third-order valence-corrected chi connectivity index (χ3v) is 8.20. The number of hydrogen-bond acceptors (Lipinski definition) is 5. The summed E-state index contributed by atoms with van der Waals surface area (Å²) in [4.78, 5) is 11.6. The Labute approximate surface area is 288 Å². The van der Waals surface area contributed by atoms with Crippen LogP contribution in [-0.2, 0) is 12.4 Å². The lowest BCUT2D eigenvalue weighted by Gasteiger charge is -2.28. The van der Waals surface area contributed by atoms with Crippen LogP contribution in [0.5, 0.6) is 0 Å². The van der Waals surface area contributed by atoms with Crippen molar-refractivity contribution in [2.24, 2.45) is 0 Å². The van der Waals surface area contributed by atoms with Crippen LogP contribution in [0.15, 0.2) is 128 Å². The molecule has 3 aromatic carbocycles. The van der Waals surface area contributed by atoms with Crippen LogP contribution < -0.4 is 4.90 Å². The van der Waals surface area contributed by atoms with Gasteiger partial charge in [0.05, 0.1) is 5.69 Å². The molecule has 0 fully saturated rings. The Balaban J connectivity index is 1.48. The average molecular weight is 696 g/mol. The van der Waals surface area contributed by atoms with E-state index in [-0.39, 0.29) is 23.3 Å². The smallest absolute Gasteiger partial charge is 0.278 e. The summed E-state index contributed by atoms with van der Waals surface area (Å²) in [5, 5.41) is 7.66. The molecule has 51 heavy (non-hydrogen) atoms. The van der Waals surface area contributed by atoms with Crippen molar-refractivity contribution in [3.63, 3.8) is 0 Å². The SMILES string of the molecule is Cc1cccc(C)c1N(c1ccc(-c2ccccc2)c(-n2ccc(C(F)(F)F)n2)n1)c1ccc(-c2ccccc2)c(-n2ccc(C(F)(F)F)n2)n1. The van der Waals surface area contributed by atoms with Crippen molar-refractivity contribution in [1.82, 2.24) is 29.5 Å². The van der Waals surface area contributed by atoms with Gasteiger partial charge in [0.25, 0.3) is 0 Å². The van der Waals surface area contributed by atoms with Gasteiger partial charge in [0.15, 0.2) is 23.0 Å². The fourth-order valence-electron chi connectivity index (χ4n) is 5.85. The largest absolute Gasteiger partial charge is 0.435 e. The number of anilines is 3. The minimum absolute atomic E-state index is 0.119. The molecule has 0 amide bonds. The molecule has 7 aromatic rings. The summed E-state index contributed by atoms with van der Waals surface area (Å²) in [7, 11) is 0. The van der Waals surface area contributed by atoms with Crippen molar-refractivity contribution in [1.29, 1.82) is 0 Å². The van der Waals surface area contributed by atoms with Crippen LogP contribution in [0.2, 0.25) is 0 Å². The molecule has 7 rings (SSSR count). The summed E-state index contributed by atoms with van der Waals surface area (Å²) in [5.41, 5.74) is 2.56. The highest BCUT2D eigenvalue weighted by Crippen LogP contribution is 2.41. The van der Waals surface area contributed by atoms with E-state index in [2.05, 4.69) is 10.2 Å². The number of alkyl halides is 6. The first kappa shape index (κ1) is 33.3. The van der Waals surface area contributed by atoms with E-state index in [0.29, 0.717) is 27.9 Å². The molecular weight excluding hydrogens is 668 g/mol. The maximum Gasteiger partial charge on any atom is 0.435 e. The van der Waals surface area contributed by atoms with Gasteiger partial charge in [0, 0.05) is 23.5 Å². The van der Waals surface area contributed by atoms with Gasteiger partial charge in [0.2, 0.25) is 0 Å². The number of pyridine rings is 2. The molecule has 0 aliphatic carbocycles. The van der Waals surface area contributed by atoms with Crippen LogP contribution >= 0.6 is 0 Å². The predicted octanol–water partition coefficient (Wildman–Crippen LogP) is 10.3. The minimum Gasteiger partial charge on any atom is -0.278 e. The topological polar surface area (TPSA) is 64.7 Å². The Hall–Kier alpha value is -6.24. The van der Waals surface area contributed by atoms with E-state index in [9.17, 15) is 26.3 Å². The fourth-order valence-corrected chi connectivity index (χ4v) is 5.85. The Kier molecular flexibility index (Phi) is 8.41. The van der Waals surface area contributed by atoms with Gasteiger partial charge in [-0.2, -0.15) is 36.5 Å². The van der Waals surface area contributed by atoms with Gasteiger partial charge in [-0.15, -0.1) is 0 Å². The summed E-state index contributed by atoms with van der Waals surface area (Å²) in [6.07, 6.45) is -6.96. The number of rotatable bonds is 7. The van der Waals surface area contributed by atoms with E-state index in [1.807, 2.05) is 68.4 Å².